The Bertz CT molecular complexity index is 392. The van der Waals surface area contributed by atoms with E-state index in [-0.39, 0.29) is 0 Å². The lowest BCUT2D eigenvalue weighted by molar-refractivity contribution is 0.132. The maximum atomic E-state index is 3.46. The normalized spacial score (nSPS) is 23.6. The van der Waals surface area contributed by atoms with E-state index in [9.17, 15) is 0 Å². The summed E-state index contributed by atoms with van der Waals surface area (Å²) in [4.78, 5) is 5.38. The zero-order valence-corrected chi connectivity index (χ0v) is 13.1. The van der Waals surface area contributed by atoms with Gasteiger partial charge in [-0.1, -0.05) is 43.2 Å². The van der Waals surface area contributed by atoms with Crippen molar-refractivity contribution < 1.29 is 0 Å². The molecule has 0 aliphatic carbocycles. The van der Waals surface area contributed by atoms with Gasteiger partial charge in [0.05, 0.1) is 0 Å². The van der Waals surface area contributed by atoms with Crippen molar-refractivity contribution in [1.82, 2.24) is 15.1 Å². The minimum absolute atomic E-state index is 0.572. The van der Waals surface area contributed by atoms with Gasteiger partial charge < -0.3 is 5.32 Å². The van der Waals surface area contributed by atoms with Crippen LogP contribution in [0.5, 0.6) is 0 Å². The maximum Gasteiger partial charge on any atom is 0.0475 e. The van der Waals surface area contributed by atoms with E-state index in [4.69, 9.17) is 0 Å². The third kappa shape index (κ3) is 4.29. The van der Waals surface area contributed by atoms with Gasteiger partial charge in [-0.3, -0.25) is 9.80 Å². The van der Waals surface area contributed by atoms with E-state index in [2.05, 4.69) is 45.4 Å². The minimum atomic E-state index is 0.572. The van der Waals surface area contributed by atoms with Crippen LogP contribution in [-0.2, 0) is 0 Å². The molecular formula is C18H29N3. The van der Waals surface area contributed by atoms with Crippen LogP contribution in [0.1, 0.15) is 37.3 Å². The number of hydrogen-bond acceptors (Lipinski definition) is 3. The molecule has 0 saturated carbocycles. The Morgan fingerprint density at radius 2 is 1.52 bits per heavy atom. The largest absolute Gasteiger partial charge is 0.314 e. The van der Waals surface area contributed by atoms with Crippen LogP contribution in [0.2, 0.25) is 0 Å². The average Bonchev–Trinajstić information content (AvgIpc) is 2.84. The predicted molar refractivity (Wildman–Crippen MR) is 88.5 cm³/mol. The fourth-order valence-corrected chi connectivity index (χ4v) is 3.65. The van der Waals surface area contributed by atoms with Gasteiger partial charge in [-0.25, -0.2) is 0 Å². The highest BCUT2D eigenvalue weighted by atomic mass is 15.2. The van der Waals surface area contributed by atoms with Crippen LogP contribution < -0.4 is 5.32 Å². The summed E-state index contributed by atoms with van der Waals surface area (Å²) in [5.41, 5.74) is 1.50. The first-order valence-electron chi connectivity index (χ1n) is 8.65. The van der Waals surface area contributed by atoms with Gasteiger partial charge in [-0.15, -0.1) is 0 Å². The van der Waals surface area contributed by atoms with E-state index in [1.165, 1.54) is 64.0 Å². The van der Waals surface area contributed by atoms with Crippen molar-refractivity contribution in [3.05, 3.63) is 35.9 Å². The molecule has 3 nitrogen and oxygen atoms in total. The van der Waals surface area contributed by atoms with Gasteiger partial charge in [0.1, 0.15) is 0 Å². The Hall–Kier alpha value is -0.900. The number of rotatable bonds is 4. The first-order chi connectivity index (χ1) is 10.4. The van der Waals surface area contributed by atoms with Crippen molar-refractivity contribution in [3.63, 3.8) is 0 Å². The quantitative estimate of drug-likeness (QED) is 0.918. The second-order valence-electron chi connectivity index (χ2n) is 6.43. The molecule has 0 spiro atoms. The second kappa shape index (κ2) is 7.92. The Morgan fingerprint density at radius 3 is 2.19 bits per heavy atom. The van der Waals surface area contributed by atoms with E-state index >= 15 is 0 Å². The number of piperazine rings is 1. The van der Waals surface area contributed by atoms with E-state index in [0.717, 1.165) is 13.1 Å². The smallest absolute Gasteiger partial charge is 0.0475 e. The first-order valence-corrected chi connectivity index (χ1v) is 8.65. The number of nitrogens with one attached hydrogen (secondary N) is 1. The molecule has 1 atom stereocenters. The summed E-state index contributed by atoms with van der Waals surface area (Å²) in [7, 11) is 0. The van der Waals surface area contributed by atoms with Crippen LogP contribution in [0.3, 0.4) is 0 Å². The third-order valence-corrected chi connectivity index (χ3v) is 4.91. The molecule has 2 aliphatic rings. The fraction of sp³-hybridized carbons (Fsp3) is 0.667. The molecule has 1 N–H and O–H groups in total. The van der Waals surface area contributed by atoms with E-state index in [1.54, 1.807) is 0 Å². The number of hydrogen-bond donors (Lipinski definition) is 1. The van der Waals surface area contributed by atoms with Crippen LogP contribution in [0.4, 0.5) is 0 Å². The van der Waals surface area contributed by atoms with Crippen molar-refractivity contribution in [3.8, 4) is 0 Å². The zero-order valence-electron chi connectivity index (χ0n) is 13.1. The first kappa shape index (κ1) is 15.0. The molecule has 0 radical (unpaired) electrons. The summed E-state index contributed by atoms with van der Waals surface area (Å²) < 4.78 is 0. The van der Waals surface area contributed by atoms with Crippen LogP contribution >= 0.6 is 0 Å². The number of benzene rings is 1. The van der Waals surface area contributed by atoms with Gasteiger partial charge in [0.25, 0.3) is 0 Å². The van der Waals surface area contributed by atoms with Gasteiger partial charge in [-0.2, -0.15) is 0 Å². The monoisotopic (exact) mass is 287 g/mol. The zero-order chi connectivity index (χ0) is 14.3. The summed E-state index contributed by atoms with van der Waals surface area (Å²) in [5.74, 6) is 0. The lowest BCUT2D eigenvalue weighted by Gasteiger charge is -2.37. The molecule has 1 aromatic carbocycles. The van der Waals surface area contributed by atoms with Crippen LogP contribution in [0, 0.1) is 0 Å². The number of likely N-dealkylation sites (tertiary alicyclic amines) is 1. The molecule has 3 heteroatoms. The van der Waals surface area contributed by atoms with Crippen molar-refractivity contribution in [2.75, 3.05) is 45.8 Å². The Morgan fingerprint density at radius 1 is 0.857 bits per heavy atom. The summed E-state index contributed by atoms with van der Waals surface area (Å²) in [6, 6.07) is 11.7. The van der Waals surface area contributed by atoms with Gasteiger partial charge >= 0.3 is 0 Å². The molecule has 0 aromatic heterocycles. The molecule has 2 aliphatic heterocycles. The highest BCUT2D eigenvalue weighted by molar-refractivity contribution is 5.19. The molecule has 2 fully saturated rings. The standard InChI is InChI=1S/C18H29N3/c1-2-7-13-21(12-6-1)18(17-8-4-3-5-9-17)16-20-14-10-19-11-15-20/h3-5,8-9,18-19H,1-2,6-7,10-16H2. The molecule has 1 aromatic rings. The summed E-state index contributed by atoms with van der Waals surface area (Å²) >= 11 is 0. The predicted octanol–water partition coefficient (Wildman–Crippen LogP) is 2.51. The van der Waals surface area contributed by atoms with Gasteiger partial charge in [0, 0.05) is 38.8 Å². The topological polar surface area (TPSA) is 18.5 Å². The van der Waals surface area contributed by atoms with Crippen molar-refractivity contribution in [1.29, 1.82) is 0 Å². The Labute approximate surface area is 129 Å². The SMILES string of the molecule is c1ccc(C(CN2CCNCC2)N2CCCCCC2)cc1. The Kier molecular flexibility index (Phi) is 5.67. The van der Waals surface area contributed by atoms with E-state index in [0.29, 0.717) is 6.04 Å². The summed E-state index contributed by atoms with van der Waals surface area (Å²) in [6.07, 6.45) is 5.55. The third-order valence-electron chi connectivity index (χ3n) is 4.91. The molecule has 2 heterocycles. The van der Waals surface area contributed by atoms with E-state index in [1.807, 2.05) is 0 Å². The second-order valence-corrected chi connectivity index (χ2v) is 6.43. The van der Waals surface area contributed by atoms with Gasteiger partial charge in [0.15, 0.2) is 0 Å². The Balaban J connectivity index is 1.73. The molecule has 3 rings (SSSR count). The molecule has 0 bridgehead atoms. The fourth-order valence-electron chi connectivity index (χ4n) is 3.65. The lowest BCUT2D eigenvalue weighted by Crippen LogP contribution is -2.47. The van der Waals surface area contributed by atoms with Gasteiger partial charge in [0.2, 0.25) is 0 Å². The van der Waals surface area contributed by atoms with E-state index < -0.39 is 0 Å². The summed E-state index contributed by atoms with van der Waals surface area (Å²) in [5, 5.41) is 3.46. The molecule has 21 heavy (non-hydrogen) atoms. The molecule has 2 saturated heterocycles. The molecule has 116 valence electrons. The average molecular weight is 287 g/mol. The van der Waals surface area contributed by atoms with Gasteiger partial charge in [-0.05, 0) is 31.5 Å². The summed E-state index contributed by atoms with van der Waals surface area (Å²) in [6.45, 7) is 8.39. The van der Waals surface area contributed by atoms with Crippen molar-refractivity contribution in [2.45, 2.75) is 31.7 Å². The highest BCUT2D eigenvalue weighted by Gasteiger charge is 2.24. The minimum Gasteiger partial charge on any atom is -0.314 e. The van der Waals surface area contributed by atoms with Crippen LogP contribution in [0.15, 0.2) is 30.3 Å². The van der Waals surface area contributed by atoms with Crippen molar-refractivity contribution >= 4 is 0 Å². The maximum absolute atomic E-state index is 3.46. The van der Waals surface area contributed by atoms with Crippen LogP contribution in [0.25, 0.3) is 0 Å². The van der Waals surface area contributed by atoms with Crippen LogP contribution in [-0.4, -0.2) is 55.6 Å². The number of nitrogens with zero attached hydrogens (tertiary/aromatic N) is 2. The van der Waals surface area contributed by atoms with Crippen molar-refractivity contribution in [2.24, 2.45) is 0 Å². The highest BCUT2D eigenvalue weighted by Crippen LogP contribution is 2.25. The molecular weight excluding hydrogens is 258 g/mol. The lowest BCUT2D eigenvalue weighted by atomic mass is 10.0. The molecule has 1 unspecified atom stereocenters. The molecule has 0 amide bonds.